The van der Waals surface area contributed by atoms with Crippen LogP contribution < -0.4 is 10.2 Å². The molecule has 4 nitrogen and oxygen atoms in total. The lowest BCUT2D eigenvalue weighted by Gasteiger charge is -2.15. The number of halogens is 2. The standard InChI is InChI=1S/C23H16BrClN2O2S/c1-14-5-11-19(12-6-14)30-21-20(26-17-9-7-15(24)8-10-17)22(28)27(23(21)29)18-4-2-3-16(25)13-18/h2-13,26H,1H3. The molecular formula is C23H16BrClN2O2S. The van der Waals surface area contributed by atoms with E-state index < -0.39 is 5.91 Å². The quantitative estimate of drug-likeness (QED) is 0.413. The third-order valence-corrected chi connectivity index (χ3v) is 6.32. The van der Waals surface area contributed by atoms with Gasteiger partial charge >= 0.3 is 0 Å². The average molecular weight is 500 g/mol. The fourth-order valence-electron chi connectivity index (χ4n) is 2.97. The highest BCUT2D eigenvalue weighted by Gasteiger charge is 2.40. The number of amides is 2. The summed E-state index contributed by atoms with van der Waals surface area (Å²) in [5, 5.41) is 3.59. The first kappa shape index (κ1) is 20.7. The predicted molar refractivity (Wildman–Crippen MR) is 126 cm³/mol. The Hall–Kier alpha value is -2.54. The molecule has 2 amide bonds. The second-order valence-electron chi connectivity index (χ2n) is 6.68. The number of hydrogen-bond donors (Lipinski definition) is 1. The molecule has 0 aromatic heterocycles. The summed E-state index contributed by atoms with van der Waals surface area (Å²) in [5.41, 5.74) is 2.51. The molecule has 1 heterocycles. The van der Waals surface area contributed by atoms with Crippen LogP contribution in [0, 0.1) is 6.92 Å². The first-order valence-corrected chi connectivity index (χ1v) is 11.1. The molecule has 0 saturated heterocycles. The fourth-order valence-corrected chi connectivity index (χ4v) is 4.34. The number of benzene rings is 3. The number of aryl methyl sites for hydroxylation is 1. The van der Waals surface area contributed by atoms with E-state index in [9.17, 15) is 9.59 Å². The van der Waals surface area contributed by atoms with E-state index >= 15 is 0 Å². The van der Waals surface area contributed by atoms with Crippen LogP contribution in [0.25, 0.3) is 0 Å². The van der Waals surface area contributed by atoms with Gasteiger partial charge in [0.05, 0.1) is 5.69 Å². The number of nitrogens with one attached hydrogen (secondary N) is 1. The third-order valence-electron chi connectivity index (χ3n) is 4.46. The van der Waals surface area contributed by atoms with Crippen molar-refractivity contribution in [2.75, 3.05) is 10.2 Å². The first-order chi connectivity index (χ1) is 14.4. The van der Waals surface area contributed by atoms with Gasteiger partial charge in [0, 0.05) is 20.1 Å². The summed E-state index contributed by atoms with van der Waals surface area (Å²) in [6.07, 6.45) is 0. The van der Waals surface area contributed by atoms with E-state index in [-0.39, 0.29) is 11.6 Å². The smallest absolute Gasteiger partial charge is 0.283 e. The van der Waals surface area contributed by atoms with Gasteiger partial charge in [0.2, 0.25) is 0 Å². The van der Waals surface area contributed by atoms with E-state index in [1.807, 2.05) is 55.5 Å². The topological polar surface area (TPSA) is 49.4 Å². The third kappa shape index (κ3) is 4.31. The Balaban J connectivity index is 1.74. The van der Waals surface area contributed by atoms with E-state index in [4.69, 9.17) is 11.6 Å². The van der Waals surface area contributed by atoms with Crippen LogP contribution in [0.5, 0.6) is 0 Å². The van der Waals surface area contributed by atoms with Gasteiger partial charge in [-0.2, -0.15) is 0 Å². The van der Waals surface area contributed by atoms with Gasteiger partial charge in [-0.1, -0.05) is 63.1 Å². The van der Waals surface area contributed by atoms with Crippen LogP contribution in [0.3, 0.4) is 0 Å². The summed E-state index contributed by atoms with van der Waals surface area (Å²) in [6.45, 7) is 2.00. The van der Waals surface area contributed by atoms with Crippen LogP contribution >= 0.6 is 39.3 Å². The average Bonchev–Trinajstić information content (AvgIpc) is 2.95. The highest BCUT2D eigenvalue weighted by atomic mass is 79.9. The van der Waals surface area contributed by atoms with Gasteiger partial charge in [0.15, 0.2) is 0 Å². The van der Waals surface area contributed by atoms with E-state index in [1.54, 1.807) is 24.3 Å². The second kappa shape index (κ2) is 8.68. The molecule has 0 saturated carbocycles. The Labute approximate surface area is 192 Å². The highest BCUT2D eigenvalue weighted by Crippen LogP contribution is 2.38. The molecular weight excluding hydrogens is 484 g/mol. The molecule has 1 aliphatic rings. The van der Waals surface area contributed by atoms with Crippen LogP contribution in [0.1, 0.15) is 5.56 Å². The van der Waals surface area contributed by atoms with Crippen molar-refractivity contribution < 1.29 is 9.59 Å². The Kier molecular flexibility index (Phi) is 5.99. The Morgan fingerprint density at radius 2 is 1.63 bits per heavy atom. The zero-order valence-electron chi connectivity index (χ0n) is 15.9. The molecule has 0 bridgehead atoms. The number of rotatable bonds is 5. The van der Waals surface area contributed by atoms with E-state index in [0.717, 1.165) is 19.8 Å². The van der Waals surface area contributed by atoms with Gasteiger partial charge in [-0.25, -0.2) is 4.90 Å². The molecule has 3 aromatic rings. The predicted octanol–water partition coefficient (Wildman–Crippen LogP) is 6.40. The minimum Gasteiger partial charge on any atom is -0.350 e. The van der Waals surface area contributed by atoms with Crippen molar-refractivity contribution in [3.05, 3.63) is 98.5 Å². The lowest BCUT2D eigenvalue weighted by atomic mass is 10.2. The fraction of sp³-hybridized carbons (Fsp3) is 0.0435. The number of thioether (sulfide) groups is 1. The first-order valence-electron chi connectivity index (χ1n) is 9.08. The maximum Gasteiger partial charge on any atom is 0.283 e. The molecule has 1 aliphatic heterocycles. The second-order valence-corrected chi connectivity index (χ2v) is 9.11. The van der Waals surface area contributed by atoms with Crippen molar-refractivity contribution in [1.82, 2.24) is 0 Å². The van der Waals surface area contributed by atoms with Crippen molar-refractivity contribution >= 4 is 62.5 Å². The number of imide groups is 1. The normalized spacial score (nSPS) is 13.9. The molecule has 0 aliphatic carbocycles. The summed E-state index contributed by atoms with van der Waals surface area (Å²) < 4.78 is 0.922. The van der Waals surface area contributed by atoms with Crippen LogP contribution in [-0.2, 0) is 9.59 Å². The molecule has 0 spiro atoms. The van der Waals surface area contributed by atoms with Crippen LogP contribution in [0.15, 0.2) is 92.8 Å². The van der Waals surface area contributed by atoms with E-state index in [0.29, 0.717) is 21.3 Å². The van der Waals surface area contributed by atoms with Gasteiger partial charge in [-0.05, 0) is 61.5 Å². The minimum absolute atomic E-state index is 0.243. The number of carbonyl (C=O) groups is 2. The highest BCUT2D eigenvalue weighted by molar-refractivity contribution is 9.10. The van der Waals surface area contributed by atoms with E-state index in [2.05, 4.69) is 21.2 Å². The molecule has 0 radical (unpaired) electrons. The van der Waals surface area contributed by atoms with Gasteiger partial charge in [0.25, 0.3) is 11.8 Å². The van der Waals surface area contributed by atoms with Crippen LogP contribution in [-0.4, -0.2) is 11.8 Å². The van der Waals surface area contributed by atoms with Crippen LogP contribution in [0.2, 0.25) is 5.02 Å². The van der Waals surface area contributed by atoms with Crippen molar-refractivity contribution in [3.63, 3.8) is 0 Å². The molecule has 0 atom stereocenters. The molecule has 3 aromatic carbocycles. The lowest BCUT2D eigenvalue weighted by Crippen LogP contribution is -2.32. The van der Waals surface area contributed by atoms with Crippen molar-refractivity contribution in [2.24, 2.45) is 0 Å². The summed E-state index contributed by atoms with van der Waals surface area (Å²) in [4.78, 5) is 28.9. The number of carbonyl (C=O) groups excluding carboxylic acids is 2. The molecule has 0 unspecified atom stereocenters. The molecule has 150 valence electrons. The zero-order valence-corrected chi connectivity index (χ0v) is 19.0. The maximum atomic E-state index is 13.3. The molecule has 0 fully saturated rings. The Morgan fingerprint density at radius 3 is 2.30 bits per heavy atom. The van der Waals surface area contributed by atoms with Crippen molar-refractivity contribution in [2.45, 2.75) is 11.8 Å². The Bertz CT molecular complexity index is 1090. The maximum absolute atomic E-state index is 13.3. The molecule has 4 rings (SSSR count). The van der Waals surface area contributed by atoms with E-state index in [1.165, 1.54) is 11.8 Å². The van der Waals surface area contributed by atoms with Crippen molar-refractivity contribution in [1.29, 1.82) is 0 Å². The monoisotopic (exact) mass is 498 g/mol. The number of anilines is 2. The van der Waals surface area contributed by atoms with Gasteiger partial charge in [-0.15, -0.1) is 0 Å². The number of nitrogens with zero attached hydrogens (tertiary/aromatic N) is 1. The summed E-state index contributed by atoms with van der Waals surface area (Å²) in [7, 11) is 0. The van der Waals surface area contributed by atoms with Crippen LogP contribution in [0.4, 0.5) is 11.4 Å². The molecule has 30 heavy (non-hydrogen) atoms. The Morgan fingerprint density at radius 1 is 0.933 bits per heavy atom. The van der Waals surface area contributed by atoms with Crippen molar-refractivity contribution in [3.8, 4) is 0 Å². The SMILES string of the molecule is Cc1ccc(SC2=C(Nc3ccc(Br)cc3)C(=O)N(c3cccc(Cl)c3)C2=O)cc1. The lowest BCUT2D eigenvalue weighted by molar-refractivity contribution is -0.120. The zero-order chi connectivity index (χ0) is 21.3. The molecule has 1 N–H and O–H groups in total. The summed E-state index contributed by atoms with van der Waals surface area (Å²) in [5.74, 6) is -0.799. The molecule has 7 heteroatoms. The van der Waals surface area contributed by atoms with Gasteiger partial charge in [-0.3, -0.25) is 9.59 Å². The summed E-state index contributed by atoms with van der Waals surface area (Å²) >= 11 is 10.8. The largest absolute Gasteiger partial charge is 0.350 e. The number of hydrogen-bond acceptors (Lipinski definition) is 4. The van der Waals surface area contributed by atoms with Gasteiger partial charge in [0.1, 0.15) is 10.6 Å². The van der Waals surface area contributed by atoms with Gasteiger partial charge < -0.3 is 5.32 Å². The summed E-state index contributed by atoms with van der Waals surface area (Å²) in [6, 6.07) is 21.9. The minimum atomic E-state index is -0.417.